The van der Waals surface area contributed by atoms with Crippen molar-refractivity contribution < 1.29 is 9.18 Å². The average Bonchev–Trinajstić information content (AvgIpc) is 2.60. The molecule has 2 aromatic carbocycles. The van der Waals surface area contributed by atoms with Crippen molar-refractivity contribution in [2.45, 2.75) is 12.8 Å². The molecule has 3 nitrogen and oxygen atoms in total. The van der Waals surface area contributed by atoms with Crippen LogP contribution in [-0.2, 0) is 6.42 Å². The number of para-hydroxylation sites is 2. The minimum absolute atomic E-state index is 0.248. The van der Waals surface area contributed by atoms with Crippen LogP contribution in [0.25, 0.3) is 10.9 Å². The monoisotopic (exact) mass is 306 g/mol. The van der Waals surface area contributed by atoms with Crippen LogP contribution in [0.4, 0.5) is 10.1 Å². The Kier molecular flexibility index (Phi) is 3.30. The van der Waals surface area contributed by atoms with E-state index in [2.05, 4.69) is 4.98 Å². The molecule has 0 unspecified atom stereocenters. The van der Waals surface area contributed by atoms with Crippen LogP contribution in [0.15, 0.2) is 54.6 Å². The summed E-state index contributed by atoms with van der Waals surface area (Å²) < 4.78 is 14.2. The highest BCUT2D eigenvalue weighted by Gasteiger charge is 2.27. The molecule has 3 aromatic rings. The quantitative estimate of drug-likeness (QED) is 0.681. The summed E-state index contributed by atoms with van der Waals surface area (Å²) in [7, 11) is 0. The number of carbonyl (C=O) groups is 1. The first-order chi connectivity index (χ1) is 11.2. The molecule has 4 rings (SSSR count). The lowest BCUT2D eigenvalue weighted by Crippen LogP contribution is -2.36. The van der Waals surface area contributed by atoms with Gasteiger partial charge in [-0.1, -0.05) is 36.4 Å². The van der Waals surface area contributed by atoms with Gasteiger partial charge in [0.15, 0.2) is 0 Å². The van der Waals surface area contributed by atoms with Crippen LogP contribution >= 0.6 is 0 Å². The van der Waals surface area contributed by atoms with Crippen molar-refractivity contribution in [1.29, 1.82) is 0 Å². The molecule has 0 radical (unpaired) electrons. The highest BCUT2D eigenvalue weighted by atomic mass is 19.1. The third-order valence-electron chi connectivity index (χ3n) is 4.23. The smallest absolute Gasteiger partial charge is 0.276 e. The van der Waals surface area contributed by atoms with Crippen LogP contribution in [-0.4, -0.2) is 17.4 Å². The van der Waals surface area contributed by atoms with Crippen molar-refractivity contribution in [2.75, 3.05) is 11.4 Å². The molecule has 0 saturated carbocycles. The number of halogens is 1. The Balaban J connectivity index is 1.77. The van der Waals surface area contributed by atoms with Gasteiger partial charge in [0.05, 0.1) is 11.2 Å². The standard InChI is InChI=1S/C19H15FN2O/c20-15-8-3-6-14-7-4-12-22(18(14)15)19(23)17-11-10-13-5-1-2-9-16(13)21-17/h1-3,5-6,8-11H,4,7,12H2. The lowest BCUT2D eigenvalue weighted by Gasteiger charge is -2.29. The van der Waals surface area contributed by atoms with E-state index in [1.165, 1.54) is 11.0 Å². The topological polar surface area (TPSA) is 33.2 Å². The lowest BCUT2D eigenvalue weighted by atomic mass is 10.0. The number of pyridine rings is 1. The molecule has 0 atom stereocenters. The Bertz CT molecular complexity index is 907. The molecule has 23 heavy (non-hydrogen) atoms. The highest BCUT2D eigenvalue weighted by molar-refractivity contribution is 6.06. The van der Waals surface area contributed by atoms with E-state index < -0.39 is 0 Å². The summed E-state index contributed by atoms with van der Waals surface area (Å²) in [5.74, 6) is -0.599. The second-order valence-electron chi connectivity index (χ2n) is 5.70. The van der Waals surface area contributed by atoms with Gasteiger partial charge in [-0.2, -0.15) is 0 Å². The third kappa shape index (κ3) is 2.36. The fourth-order valence-corrected chi connectivity index (χ4v) is 3.13. The first-order valence-corrected chi connectivity index (χ1v) is 7.69. The van der Waals surface area contributed by atoms with E-state index in [1.54, 1.807) is 12.1 Å². The third-order valence-corrected chi connectivity index (χ3v) is 4.23. The summed E-state index contributed by atoms with van der Waals surface area (Å²) in [5, 5.41) is 0.981. The van der Waals surface area contributed by atoms with Crippen molar-refractivity contribution in [3.8, 4) is 0 Å². The second-order valence-corrected chi connectivity index (χ2v) is 5.70. The second kappa shape index (κ2) is 5.47. The maximum atomic E-state index is 14.2. The summed E-state index contributed by atoms with van der Waals surface area (Å²) >= 11 is 0. The SMILES string of the molecule is O=C(c1ccc2ccccc2n1)N1CCCc2cccc(F)c21. The van der Waals surface area contributed by atoms with E-state index in [0.29, 0.717) is 17.9 Å². The highest BCUT2D eigenvalue weighted by Crippen LogP contribution is 2.31. The number of carbonyl (C=O) groups excluding carboxylic acids is 1. The van der Waals surface area contributed by atoms with Crippen LogP contribution in [0.1, 0.15) is 22.5 Å². The molecule has 0 N–H and O–H groups in total. The number of benzene rings is 2. The lowest BCUT2D eigenvalue weighted by molar-refractivity contribution is 0.0979. The van der Waals surface area contributed by atoms with Crippen LogP contribution in [0.5, 0.6) is 0 Å². The number of rotatable bonds is 1. The Morgan fingerprint density at radius 2 is 1.91 bits per heavy atom. The zero-order valence-electron chi connectivity index (χ0n) is 12.5. The first kappa shape index (κ1) is 13.9. The van der Waals surface area contributed by atoms with Gasteiger partial charge in [0, 0.05) is 11.9 Å². The zero-order chi connectivity index (χ0) is 15.8. The number of fused-ring (bicyclic) bond motifs is 2. The summed E-state index contributed by atoms with van der Waals surface area (Å²) in [6, 6.07) is 16.2. The number of nitrogens with zero attached hydrogens (tertiary/aromatic N) is 2. The van der Waals surface area contributed by atoms with Crippen LogP contribution < -0.4 is 4.90 Å². The van der Waals surface area contributed by atoms with Crippen LogP contribution in [0.2, 0.25) is 0 Å². The molecule has 2 heterocycles. The summed E-state index contributed by atoms with van der Waals surface area (Å²) in [5.41, 5.74) is 2.40. The number of hydrogen-bond donors (Lipinski definition) is 0. The number of anilines is 1. The van der Waals surface area contributed by atoms with E-state index in [1.807, 2.05) is 36.4 Å². The number of hydrogen-bond acceptors (Lipinski definition) is 2. The fourth-order valence-electron chi connectivity index (χ4n) is 3.13. The van der Waals surface area contributed by atoms with Crippen molar-refractivity contribution in [1.82, 2.24) is 4.98 Å². The van der Waals surface area contributed by atoms with Crippen molar-refractivity contribution in [3.63, 3.8) is 0 Å². The predicted molar refractivity (Wildman–Crippen MR) is 88.1 cm³/mol. The molecular formula is C19H15FN2O. The molecule has 114 valence electrons. The van der Waals surface area contributed by atoms with Gasteiger partial charge in [-0.25, -0.2) is 9.37 Å². The van der Waals surface area contributed by atoms with Crippen molar-refractivity contribution >= 4 is 22.5 Å². The van der Waals surface area contributed by atoms with Gasteiger partial charge in [-0.05, 0) is 36.6 Å². The molecule has 0 saturated heterocycles. The Hall–Kier alpha value is -2.75. The van der Waals surface area contributed by atoms with Gasteiger partial charge in [-0.3, -0.25) is 4.79 Å². The van der Waals surface area contributed by atoms with Gasteiger partial charge in [0.2, 0.25) is 0 Å². The maximum absolute atomic E-state index is 14.2. The van der Waals surface area contributed by atoms with E-state index in [4.69, 9.17) is 0 Å². The maximum Gasteiger partial charge on any atom is 0.276 e. The first-order valence-electron chi connectivity index (χ1n) is 7.69. The average molecular weight is 306 g/mol. The molecule has 0 spiro atoms. The van der Waals surface area contributed by atoms with E-state index >= 15 is 0 Å². The molecule has 1 amide bonds. The number of aromatic nitrogens is 1. The van der Waals surface area contributed by atoms with E-state index in [-0.39, 0.29) is 11.7 Å². The van der Waals surface area contributed by atoms with Gasteiger partial charge >= 0.3 is 0 Å². The largest absolute Gasteiger partial charge is 0.304 e. The van der Waals surface area contributed by atoms with Crippen LogP contribution in [0.3, 0.4) is 0 Å². The van der Waals surface area contributed by atoms with E-state index in [9.17, 15) is 9.18 Å². The molecule has 4 heteroatoms. The number of amides is 1. The Morgan fingerprint density at radius 1 is 1.04 bits per heavy atom. The fraction of sp³-hybridized carbons (Fsp3) is 0.158. The normalized spacial score (nSPS) is 13.9. The molecular weight excluding hydrogens is 291 g/mol. The van der Waals surface area contributed by atoms with Crippen LogP contribution in [0, 0.1) is 5.82 Å². The Morgan fingerprint density at radius 3 is 2.83 bits per heavy atom. The van der Waals surface area contributed by atoms with Gasteiger partial charge < -0.3 is 4.90 Å². The molecule has 1 aromatic heterocycles. The van der Waals surface area contributed by atoms with Crippen molar-refractivity contribution in [3.05, 3.63) is 71.7 Å². The Labute approximate surface area is 133 Å². The van der Waals surface area contributed by atoms with Gasteiger partial charge in [0.25, 0.3) is 5.91 Å². The minimum atomic E-state index is -0.351. The predicted octanol–water partition coefficient (Wildman–Crippen LogP) is 3.97. The summed E-state index contributed by atoms with van der Waals surface area (Å²) in [4.78, 5) is 18.8. The molecule has 1 aliphatic rings. The molecule has 1 aliphatic heterocycles. The molecule has 0 bridgehead atoms. The summed E-state index contributed by atoms with van der Waals surface area (Å²) in [6.07, 6.45) is 1.62. The zero-order valence-corrected chi connectivity index (χ0v) is 12.5. The molecule has 0 fully saturated rings. The van der Waals surface area contributed by atoms with Gasteiger partial charge in [0.1, 0.15) is 11.5 Å². The van der Waals surface area contributed by atoms with Crippen molar-refractivity contribution in [2.24, 2.45) is 0 Å². The summed E-state index contributed by atoms with van der Waals surface area (Å²) in [6.45, 7) is 0.515. The van der Waals surface area contributed by atoms with E-state index in [0.717, 1.165) is 29.3 Å². The minimum Gasteiger partial charge on any atom is -0.304 e. The molecule has 0 aliphatic carbocycles. The number of aryl methyl sites for hydroxylation is 1. The van der Waals surface area contributed by atoms with Gasteiger partial charge in [-0.15, -0.1) is 0 Å².